The van der Waals surface area contributed by atoms with E-state index in [-0.39, 0.29) is 0 Å². The molecule has 0 aliphatic heterocycles. The summed E-state index contributed by atoms with van der Waals surface area (Å²) in [7, 11) is 0. The van der Waals surface area contributed by atoms with Crippen molar-refractivity contribution < 1.29 is 8.78 Å². The fourth-order valence-electron chi connectivity index (χ4n) is 1.27. The lowest BCUT2D eigenvalue weighted by Gasteiger charge is -1.96. The Morgan fingerprint density at radius 1 is 1.33 bits per heavy atom. The fraction of sp³-hybridized carbons (Fsp3) is 0.700. The normalized spacial score (nSPS) is 16.2. The van der Waals surface area contributed by atoms with Crippen molar-refractivity contribution in [2.75, 3.05) is 0 Å². The number of hydrogen-bond acceptors (Lipinski definition) is 0. The summed E-state index contributed by atoms with van der Waals surface area (Å²) in [5.41, 5.74) is 0. The lowest BCUT2D eigenvalue weighted by molar-refractivity contribution is 0.416. The number of unbranched alkanes of at least 4 members (excludes halogenated alkanes) is 3. The minimum atomic E-state index is -1.54. The molecule has 2 heteroatoms. The molecule has 1 radical (unpaired) electrons. The van der Waals surface area contributed by atoms with Crippen LogP contribution in [-0.2, 0) is 0 Å². The molecule has 0 aromatic carbocycles. The van der Waals surface area contributed by atoms with Crippen molar-refractivity contribution in [3.8, 4) is 0 Å². The molecule has 12 heavy (non-hydrogen) atoms. The van der Waals surface area contributed by atoms with Gasteiger partial charge in [-0.3, -0.25) is 0 Å². The second-order valence-corrected chi connectivity index (χ2v) is 3.36. The Kier molecular flexibility index (Phi) is 4.26. The number of hydrogen-bond donors (Lipinski definition) is 0. The predicted molar refractivity (Wildman–Crippen MR) is 45.8 cm³/mol. The van der Waals surface area contributed by atoms with Gasteiger partial charge in [0.1, 0.15) is 0 Å². The second-order valence-electron chi connectivity index (χ2n) is 3.36. The molecular weight excluding hydrogens is 158 g/mol. The summed E-state index contributed by atoms with van der Waals surface area (Å²) in [6.45, 7) is 0. The van der Waals surface area contributed by atoms with Crippen LogP contribution in [0.3, 0.4) is 0 Å². The number of rotatable bonds is 6. The molecule has 0 bridgehead atoms. The largest absolute Gasteiger partial charge is 0.266 e. The maximum absolute atomic E-state index is 11.5. The Morgan fingerprint density at radius 3 is 2.67 bits per heavy atom. The summed E-state index contributed by atoms with van der Waals surface area (Å²) >= 11 is 0. The van der Waals surface area contributed by atoms with Crippen LogP contribution >= 0.6 is 0 Å². The van der Waals surface area contributed by atoms with Gasteiger partial charge in [-0.25, -0.2) is 0 Å². The average molecular weight is 173 g/mol. The SMILES string of the molecule is FC(F)=CCCCCCC1[CH]C1. The van der Waals surface area contributed by atoms with Crippen molar-refractivity contribution in [1.29, 1.82) is 0 Å². The van der Waals surface area contributed by atoms with E-state index in [9.17, 15) is 8.78 Å². The molecule has 1 fully saturated rings. The van der Waals surface area contributed by atoms with Crippen LogP contribution in [0.25, 0.3) is 0 Å². The zero-order valence-electron chi connectivity index (χ0n) is 7.23. The van der Waals surface area contributed by atoms with Gasteiger partial charge in [-0.2, -0.15) is 8.78 Å². The third-order valence-corrected chi connectivity index (χ3v) is 2.15. The third kappa shape index (κ3) is 5.28. The smallest absolute Gasteiger partial charge is 0.174 e. The summed E-state index contributed by atoms with van der Waals surface area (Å²) in [6, 6.07) is 0. The molecule has 0 amide bonds. The number of allylic oxidation sites excluding steroid dienone is 1. The molecule has 0 N–H and O–H groups in total. The highest BCUT2D eigenvalue weighted by molar-refractivity contribution is 4.93. The number of halogens is 2. The van der Waals surface area contributed by atoms with Crippen LogP contribution in [0, 0.1) is 12.3 Å². The van der Waals surface area contributed by atoms with Gasteiger partial charge < -0.3 is 0 Å². The maximum Gasteiger partial charge on any atom is 0.266 e. The predicted octanol–water partition coefficient (Wildman–Crippen LogP) is 3.94. The zero-order chi connectivity index (χ0) is 8.81. The van der Waals surface area contributed by atoms with Crippen molar-refractivity contribution in [3.63, 3.8) is 0 Å². The highest BCUT2D eigenvalue weighted by Crippen LogP contribution is 2.32. The van der Waals surface area contributed by atoms with E-state index < -0.39 is 6.08 Å². The second kappa shape index (κ2) is 5.28. The Bertz CT molecular complexity index is 144. The highest BCUT2D eigenvalue weighted by atomic mass is 19.3. The van der Waals surface area contributed by atoms with Crippen LogP contribution in [0.5, 0.6) is 0 Å². The summed E-state index contributed by atoms with van der Waals surface area (Å²) in [4.78, 5) is 0. The molecule has 0 aromatic rings. The molecule has 0 spiro atoms. The molecule has 1 atom stereocenters. The summed E-state index contributed by atoms with van der Waals surface area (Å²) in [6.07, 6.45) is 8.06. The first-order valence-corrected chi connectivity index (χ1v) is 4.63. The third-order valence-electron chi connectivity index (χ3n) is 2.15. The fourth-order valence-corrected chi connectivity index (χ4v) is 1.27. The van der Waals surface area contributed by atoms with E-state index in [1.807, 2.05) is 0 Å². The van der Waals surface area contributed by atoms with E-state index >= 15 is 0 Å². The molecule has 1 unspecified atom stereocenters. The van der Waals surface area contributed by atoms with Gasteiger partial charge in [-0.1, -0.05) is 19.3 Å². The Hall–Kier alpha value is -0.400. The van der Waals surface area contributed by atoms with E-state index in [0.29, 0.717) is 6.42 Å². The molecule has 0 heterocycles. The molecule has 1 aliphatic carbocycles. The maximum atomic E-state index is 11.5. The van der Waals surface area contributed by atoms with Crippen LogP contribution in [-0.4, -0.2) is 0 Å². The van der Waals surface area contributed by atoms with E-state index in [1.165, 1.54) is 19.3 Å². The summed E-state index contributed by atoms with van der Waals surface area (Å²) in [5, 5.41) is 0. The highest BCUT2D eigenvalue weighted by Gasteiger charge is 2.20. The van der Waals surface area contributed by atoms with Crippen molar-refractivity contribution in [1.82, 2.24) is 0 Å². The average Bonchev–Trinajstić information content (AvgIpc) is 2.79. The van der Waals surface area contributed by atoms with Gasteiger partial charge in [0.05, 0.1) is 0 Å². The van der Waals surface area contributed by atoms with Gasteiger partial charge >= 0.3 is 0 Å². The van der Waals surface area contributed by atoms with E-state index in [4.69, 9.17) is 0 Å². The van der Waals surface area contributed by atoms with Crippen molar-refractivity contribution >= 4 is 0 Å². The van der Waals surface area contributed by atoms with Crippen LogP contribution < -0.4 is 0 Å². The van der Waals surface area contributed by atoms with Crippen LogP contribution in [0.15, 0.2) is 12.2 Å². The topological polar surface area (TPSA) is 0 Å². The van der Waals surface area contributed by atoms with Crippen LogP contribution in [0.2, 0.25) is 0 Å². The monoisotopic (exact) mass is 173 g/mol. The minimum absolute atomic E-state index is 0.538. The minimum Gasteiger partial charge on any atom is -0.174 e. The molecule has 0 nitrogen and oxygen atoms in total. The summed E-state index contributed by atoms with van der Waals surface area (Å²) < 4.78 is 23.1. The van der Waals surface area contributed by atoms with Gasteiger partial charge in [-0.05, 0) is 37.7 Å². The van der Waals surface area contributed by atoms with Gasteiger partial charge in [0.15, 0.2) is 0 Å². The Balaban J connectivity index is 1.78. The molecule has 1 saturated carbocycles. The van der Waals surface area contributed by atoms with Crippen LogP contribution in [0.4, 0.5) is 8.78 Å². The van der Waals surface area contributed by atoms with Crippen molar-refractivity contribution in [2.24, 2.45) is 5.92 Å². The van der Waals surface area contributed by atoms with Gasteiger partial charge in [0.25, 0.3) is 6.08 Å². The first-order valence-electron chi connectivity index (χ1n) is 4.63. The standard InChI is InChI=1S/C10H15F2/c11-10(12)6-4-2-1-3-5-9-7-8-9/h6-7,9H,1-5,8H2. The first kappa shape index (κ1) is 9.69. The van der Waals surface area contributed by atoms with Gasteiger partial charge in [-0.15, -0.1) is 0 Å². The quantitative estimate of drug-likeness (QED) is 0.533. The Labute approximate surface area is 72.7 Å². The zero-order valence-corrected chi connectivity index (χ0v) is 7.23. The van der Waals surface area contributed by atoms with Crippen molar-refractivity contribution in [3.05, 3.63) is 18.6 Å². The molecule has 1 rings (SSSR count). The van der Waals surface area contributed by atoms with Gasteiger partial charge in [0, 0.05) is 0 Å². The van der Waals surface area contributed by atoms with E-state index in [2.05, 4.69) is 6.42 Å². The molecule has 0 saturated heterocycles. The van der Waals surface area contributed by atoms with E-state index in [1.54, 1.807) is 0 Å². The van der Waals surface area contributed by atoms with Crippen molar-refractivity contribution in [2.45, 2.75) is 38.5 Å². The summed E-state index contributed by atoms with van der Waals surface area (Å²) in [5.74, 6) is 0.860. The van der Waals surface area contributed by atoms with E-state index in [0.717, 1.165) is 24.8 Å². The molecule has 69 valence electrons. The molecule has 1 aliphatic rings. The lowest BCUT2D eigenvalue weighted by atomic mass is 10.1. The Morgan fingerprint density at radius 2 is 2.08 bits per heavy atom. The first-order chi connectivity index (χ1) is 5.79. The lowest BCUT2D eigenvalue weighted by Crippen LogP contribution is -1.79. The molecule has 0 aromatic heterocycles. The van der Waals surface area contributed by atoms with Crippen LogP contribution in [0.1, 0.15) is 38.5 Å². The van der Waals surface area contributed by atoms with Gasteiger partial charge in [0.2, 0.25) is 0 Å². The molecular formula is C10H15F2.